The van der Waals surface area contributed by atoms with Crippen LogP contribution in [-0.2, 0) is 23.9 Å². The third-order valence-corrected chi connectivity index (χ3v) is 14.8. The highest BCUT2D eigenvalue weighted by molar-refractivity contribution is 8.00. The molecule has 7 N–H and O–H groups in total. The van der Waals surface area contributed by atoms with Crippen LogP contribution in [0.25, 0.3) is 0 Å². The number of nitrogens with zero attached hydrogens (tertiary/aromatic N) is 2. The lowest BCUT2D eigenvalue weighted by Gasteiger charge is -2.35. The molecule has 0 aromatic carbocycles. The van der Waals surface area contributed by atoms with E-state index in [1.807, 2.05) is 36.0 Å². The fourth-order valence-electron chi connectivity index (χ4n) is 10.00. The second-order valence-corrected chi connectivity index (χ2v) is 18.0. The molecule has 11 atom stereocenters. The minimum absolute atomic E-state index is 0.100. The maximum absolute atomic E-state index is 14.8. The van der Waals surface area contributed by atoms with Crippen molar-refractivity contribution < 1.29 is 34.1 Å². The topological polar surface area (TPSA) is 185 Å². The predicted octanol–water partition coefficient (Wildman–Crippen LogP) is 1.65. The molecule has 4 heterocycles. The van der Waals surface area contributed by atoms with Crippen molar-refractivity contribution in [3.63, 3.8) is 0 Å². The van der Waals surface area contributed by atoms with Crippen molar-refractivity contribution in [3.8, 4) is 0 Å². The third kappa shape index (κ3) is 8.31. The molecule has 296 valence electrons. The standard InChI is InChI=1S/C38H61N7O7S/c1-22-27(10-8-12-30(22)46)33(47)40-28-11-7-5-3-4-6-9-24-20-38(24,37(50)51)41-34(48)29-19-25(21-44(29)36(28)49)45-42-31(23-13-15-26(52-2)16-14-23)32(43-45)35-39-17-18-53-35/h6,9,22-32,35,39,42-43,46H,3-5,7-8,10-21H2,1-2H3,(H,40,47)(H,41,48)(H,50,51)/b9-6-/t22?,23?,24-,25-,26?,27?,28+,29+,30?,31?,32?,35?,38-/m1/s1. The summed E-state index contributed by atoms with van der Waals surface area (Å²) in [5.41, 5.74) is 6.18. The van der Waals surface area contributed by atoms with E-state index < -0.39 is 41.5 Å². The second kappa shape index (κ2) is 16.8. The van der Waals surface area contributed by atoms with Crippen LogP contribution in [0.2, 0.25) is 0 Å². The quantitative estimate of drug-likeness (QED) is 0.187. The van der Waals surface area contributed by atoms with Gasteiger partial charge in [0, 0.05) is 43.8 Å². The number of carbonyl (C=O) groups excluding carboxylic acids is 3. The maximum Gasteiger partial charge on any atom is 0.330 e. The van der Waals surface area contributed by atoms with Gasteiger partial charge < -0.3 is 35.8 Å². The highest BCUT2D eigenvalue weighted by Gasteiger charge is 2.62. The summed E-state index contributed by atoms with van der Waals surface area (Å²) >= 11 is 1.91. The van der Waals surface area contributed by atoms with Crippen LogP contribution in [-0.4, -0.2) is 123 Å². The molecule has 3 saturated heterocycles. The van der Waals surface area contributed by atoms with Crippen molar-refractivity contribution in [2.45, 2.75) is 150 Å². The van der Waals surface area contributed by atoms with E-state index in [4.69, 9.17) is 4.74 Å². The Morgan fingerprint density at radius 1 is 1.02 bits per heavy atom. The summed E-state index contributed by atoms with van der Waals surface area (Å²) < 4.78 is 5.67. The van der Waals surface area contributed by atoms with Crippen LogP contribution in [0.15, 0.2) is 12.2 Å². The first-order valence-electron chi connectivity index (χ1n) is 20.3. The maximum atomic E-state index is 14.8. The van der Waals surface area contributed by atoms with Gasteiger partial charge in [-0.15, -0.1) is 11.8 Å². The average Bonchev–Trinajstić information content (AvgIpc) is 3.61. The zero-order valence-electron chi connectivity index (χ0n) is 31.3. The van der Waals surface area contributed by atoms with Gasteiger partial charge in [0.25, 0.3) is 0 Å². The lowest BCUT2D eigenvalue weighted by Crippen LogP contribution is -2.57. The van der Waals surface area contributed by atoms with E-state index in [2.05, 4.69) is 26.8 Å². The number of aliphatic hydroxyl groups excluding tert-OH is 1. The minimum atomic E-state index is -1.39. The highest BCUT2D eigenvalue weighted by Crippen LogP contribution is 2.45. The Bertz CT molecular complexity index is 1380. The highest BCUT2D eigenvalue weighted by atomic mass is 32.2. The first kappa shape index (κ1) is 39.0. The van der Waals surface area contributed by atoms with Crippen LogP contribution < -0.4 is 26.8 Å². The number of aliphatic carboxylic acids is 1. The molecule has 3 amide bonds. The molecule has 14 nitrogen and oxygen atoms in total. The largest absolute Gasteiger partial charge is 0.479 e. The molecular weight excluding hydrogens is 699 g/mol. The summed E-state index contributed by atoms with van der Waals surface area (Å²) in [7, 11) is 1.79. The van der Waals surface area contributed by atoms with Gasteiger partial charge in [-0.05, 0) is 82.5 Å². The number of amides is 3. The molecule has 0 aromatic rings. The zero-order chi connectivity index (χ0) is 37.3. The van der Waals surface area contributed by atoms with E-state index in [0.29, 0.717) is 38.0 Å². The molecule has 7 rings (SSSR count). The molecule has 0 bridgehead atoms. The number of allylic oxidation sites excluding steroid dienone is 1. The lowest BCUT2D eigenvalue weighted by molar-refractivity contribution is -0.146. The minimum Gasteiger partial charge on any atom is -0.479 e. The Morgan fingerprint density at radius 2 is 1.81 bits per heavy atom. The molecule has 7 aliphatic rings. The van der Waals surface area contributed by atoms with E-state index in [0.717, 1.165) is 70.1 Å². The number of aliphatic hydroxyl groups is 1. The van der Waals surface area contributed by atoms with Crippen molar-refractivity contribution >= 4 is 35.5 Å². The summed E-state index contributed by atoms with van der Waals surface area (Å²) in [6.45, 7) is 3.08. The Morgan fingerprint density at radius 3 is 2.55 bits per heavy atom. The first-order chi connectivity index (χ1) is 25.6. The van der Waals surface area contributed by atoms with Gasteiger partial charge >= 0.3 is 5.97 Å². The summed E-state index contributed by atoms with van der Waals surface area (Å²) in [5, 5.41) is 32.7. The van der Waals surface area contributed by atoms with Crippen LogP contribution in [0.5, 0.6) is 0 Å². The molecular formula is C38H61N7O7S. The number of hydrogen-bond donors (Lipinski definition) is 7. The number of ether oxygens (including phenoxy) is 1. The zero-order valence-corrected chi connectivity index (χ0v) is 32.2. The summed E-state index contributed by atoms with van der Waals surface area (Å²) in [6.07, 6.45) is 14.1. The van der Waals surface area contributed by atoms with Gasteiger partial charge in [-0.25, -0.2) is 15.6 Å². The van der Waals surface area contributed by atoms with Crippen molar-refractivity contribution in [1.82, 2.24) is 36.8 Å². The number of carbonyl (C=O) groups is 4. The molecule has 6 fully saturated rings. The molecule has 0 radical (unpaired) electrons. The molecule has 6 unspecified atom stereocenters. The van der Waals surface area contributed by atoms with Crippen molar-refractivity contribution in [3.05, 3.63) is 12.2 Å². The smallest absolute Gasteiger partial charge is 0.330 e. The first-order valence-corrected chi connectivity index (χ1v) is 21.3. The Labute approximate surface area is 317 Å². The van der Waals surface area contributed by atoms with Crippen LogP contribution >= 0.6 is 11.8 Å². The molecule has 53 heavy (non-hydrogen) atoms. The Balaban J connectivity index is 1.14. The van der Waals surface area contributed by atoms with Gasteiger partial charge in [0.1, 0.15) is 17.6 Å². The number of hydrazine groups is 2. The molecule has 0 aromatic heterocycles. The average molecular weight is 760 g/mol. The number of fused-ring (bicyclic) bond motifs is 2. The van der Waals surface area contributed by atoms with Crippen LogP contribution in [0, 0.1) is 23.7 Å². The summed E-state index contributed by atoms with van der Waals surface area (Å²) in [5.74, 6) is -1.52. The van der Waals surface area contributed by atoms with Crippen molar-refractivity contribution in [2.75, 3.05) is 26.0 Å². The van der Waals surface area contributed by atoms with E-state index >= 15 is 0 Å². The predicted molar refractivity (Wildman–Crippen MR) is 200 cm³/mol. The monoisotopic (exact) mass is 759 g/mol. The number of rotatable bonds is 7. The number of methoxy groups -OCH3 is 1. The van der Waals surface area contributed by atoms with Crippen molar-refractivity contribution in [2.24, 2.45) is 23.7 Å². The van der Waals surface area contributed by atoms with Crippen LogP contribution in [0.4, 0.5) is 0 Å². The Kier molecular flexibility index (Phi) is 12.4. The number of thioether (sulfide) groups is 1. The molecule has 15 heteroatoms. The van der Waals surface area contributed by atoms with Gasteiger partial charge in [0.05, 0.1) is 29.7 Å². The molecule has 0 spiro atoms. The summed E-state index contributed by atoms with van der Waals surface area (Å²) in [4.78, 5) is 57.0. The normalized spacial score (nSPS) is 43.6. The van der Waals surface area contributed by atoms with E-state index in [-0.39, 0.29) is 59.8 Å². The van der Waals surface area contributed by atoms with E-state index in [1.165, 1.54) is 0 Å². The Hall–Kier alpha value is -2.27. The van der Waals surface area contributed by atoms with Crippen LogP contribution in [0.3, 0.4) is 0 Å². The van der Waals surface area contributed by atoms with E-state index in [1.54, 1.807) is 12.0 Å². The van der Waals surface area contributed by atoms with E-state index in [9.17, 15) is 29.4 Å². The number of carboxylic acid groups (broad SMARTS) is 1. The van der Waals surface area contributed by atoms with Crippen molar-refractivity contribution in [1.29, 1.82) is 0 Å². The molecule has 3 aliphatic carbocycles. The van der Waals surface area contributed by atoms with Crippen LogP contribution in [0.1, 0.15) is 96.8 Å². The fourth-order valence-corrected chi connectivity index (χ4v) is 11.2. The van der Waals surface area contributed by atoms with Gasteiger partial charge in [-0.3, -0.25) is 14.4 Å². The molecule has 3 saturated carbocycles. The van der Waals surface area contributed by atoms with Gasteiger partial charge in [0.15, 0.2) is 0 Å². The SMILES string of the molecule is COC1CCC(C2NN([C@@H]3C[C@H]4C(=O)N[C@]5(C(=O)O)C[C@H]5/C=C\CCCCC[C@H](NC(=O)C5CCCC(O)C5C)C(=O)N4C3)NC2C2NCCS2)CC1. The van der Waals surface area contributed by atoms with Gasteiger partial charge in [0.2, 0.25) is 17.7 Å². The number of nitrogens with one attached hydrogen (secondary N) is 5. The second-order valence-electron chi connectivity index (χ2n) is 16.8. The number of hydrogen-bond acceptors (Lipinski definition) is 11. The lowest BCUT2D eigenvalue weighted by atomic mass is 9.78. The number of carboxylic acids is 1. The van der Waals surface area contributed by atoms with Gasteiger partial charge in [-0.2, -0.15) is 5.12 Å². The molecule has 4 aliphatic heterocycles. The third-order valence-electron chi connectivity index (χ3n) is 13.5. The van der Waals surface area contributed by atoms with Gasteiger partial charge in [-0.1, -0.05) is 38.3 Å². The summed E-state index contributed by atoms with van der Waals surface area (Å²) in [6, 6.07) is -1.77. The fraction of sp³-hybridized carbons (Fsp3) is 0.842.